The molecule has 0 amide bonds. The average Bonchev–Trinajstić information content (AvgIpc) is 2.76. The van der Waals surface area contributed by atoms with Gasteiger partial charge in [-0.2, -0.15) is 5.10 Å². The van der Waals surface area contributed by atoms with E-state index in [9.17, 15) is 4.79 Å². The summed E-state index contributed by atoms with van der Waals surface area (Å²) in [4.78, 5) is 11.1. The summed E-state index contributed by atoms with van der Waals surface area (Å²) in [7, 11) is 0. The quantitative estimate of drug-likeness (QED) is 0.889. The van der Waals surface area contributed by atoms with Crippen LogP contribution in [0.1, 0.15) is 52.1 Å². The molecule has 20 heavy (non-hydrogen) atoms. The first-order valence-corrected chi connectivity index (χ1v) is 6.60. The van der Waals surface area contributed by atoms with Crippen LogP contribution < -0.4 is 5.73 Å². The monoisotopic (exact) mass is 279 g/mol. The number of carboxylic acids is 1. The molecular formula is C13H21N5O2. The van der Waals surface area contributed by atoms with Crippen LogP contribution in [0.2, 0.25) is 0 Å². The predicted octanol–water partition coefficient (Wildman–Crippen LogP) is 1.62. The Bertz CT molecular complexity index is 660. The lowest BCUT2D eigenvalue weighted by atomic mass is 9.91. The van der Waals surface area contributed by atoms with Gasteiger partial charge in [0.05, 0.1) is 5.69 Å². The van der Waals surface area contributed by atoms with Gasteiger partial charge in [0.1, 0.15) is 18.1 Å². The van der Waals surface area contributed by atoms with Crippen molar-refractivity contribution in [2.75, 3.05) is 5.73 Å². The smallest absolute Gasteiger partial charge is 0.323 e. The first kappa shape index (κ1) is 14.4. The molecule has 7 nitrogen and oxygen atoms in total. The van der Waals surface area contributed by atoms with Crippen LogP contribution in [0.15, 0.2) is 0 Å². The van der Waals surface area contributed by atoms with E-state index in [4.69, 9.17) is 10.8 Å². The van der Waals surface area contributed by atoms with Crippen LogP contribution in [0, 0.1) is 0 Å². The molecule has 2 rings (SSSR count). The number of carboxylic acid groups (broad SMARTS) is 1. The van der Waals surface area contributed by atoms with E-state index in [0.717, 1.165) is 5.69 Å². The molecule has 2 aromatic heterocycles. The maximum atomic E-state index is 11.1. The molecular weight excluding hydrogens is 258 g/mol. The van der Waals surface area contributed by atoms with Gasteiger partial charge >= 0.3 is 5.97 Å². The second-order valence-electron chi connectivity index (χ2n) is 6.32. The third-order valence-electron chi connectivity index (χ3n) is 3.13. The summed E-state index contributed by atoms with van der Waals surface area (Å²) in [6, 6.07) is 0. The van der Waals surface area contributed by atoms with Crippen molar-refractivity contribution in [3.63, 3.8) is 0 Å². The summed E-state index contributed by atoms with van der Waals surface area (Å²) < 4.78 is 3.08. The second-order valence-corrected chi connectivity index (χ2v) is 6.32. The summed E-state index contributed by atoms with van der Waals surface area (Å²) in [6.07, 6.45) is 0. The summed E-state index contributed by atoms with van der Waals surface area (Å²) in [5.41, 5.74) is 7.75. The topological polar surface area (TPSA) is 98.4 Å². The highest BCUT2D eigenvalue weighted by molar-refractivity contribution is 5.73. The van der Waals surface area contributed by atoms with Crippen LogP contribution in [0.4, 0.5) is 5.69 Å². The van der Waals surface area contributed by atoms with Gasteiger partial charge in [0.15, 0.2) is 5.65 Å². The highest BCUT2D eigenvalue weighted by atomic mass is 16.4. The van der Waals surface area contributed by atoms with E-state index in [1.54, 1.807) is 4.57 Å². The predicted molar refractivity (Wildman–Crippen MR) is 75.8 cm³/mol. The molecule has 7 heteroatoms. The van der Waals surface area contributed by atoms with Gasteiger partial charge in [-0.15, -0.1) is 9.73 Å². The van der Waals surface area contributed by atoms with E-state index in [1.807, 2.05) is 34.6 Å². The SMILES string of the molecule is CC(C)c1nn2nc(C(C)(C)C)c(N)c2n1CC(=O)O. The van der Waals surface area contributed by atoms with Crippen molar-refractivity contribution in [2.45, 2.75) is 52.5 Å². The molecule has 3 N–H and O–H groups in total. The molecule has 0 saturated heterocycles. The first-order chi connectivity index (χ1) is 9.12. The second kappa shape index (κ2) is 4.50. The van der Waals surface area contributed by atoms with Crippen LogP contribution in [-0.4, -0.2) is 30.5 Å². The number of anilines is 1. The molecule has 0 aliphatic rings. The molecule has 0 fully saturated rings. The highest BCUT2D eigenvalue weighted by Crippen LogP contribution is 2.31. The zero-order valence-corrected chi connectivity index (χ0v) is 12.5. The minimum absolute atomic E-state index is 0.0912. The van der Waals surface area contributed by atoms with Crippen molar-refractivity contribution in [3.05, 3.63) is 11.5 Å². The molecule has 0 aliphatic heterocycles. The van der Waals surface area contributed by atoms with E-state index in [-0.39, 0.29) is 17.9 Å². The lowest BCUT2D eigenvalue weighted by Crippen LogP contribution is -2.16. The van der Waals surface area contributed by atoms with E-state index >= 15 is 0 Å². The van der Waals surface area contributed by atoms with Gasteiger partial charge in [-0.05, 0) is 0 Å². The number of rotatable bonds is 3. The molecule has 0 spiro atoms. The molecule has 110 valence electrons. The van der Waals surface area contributed by atoms with Gasteiger partial charge in [0, 0.05) is 11.3 Å². The van der Waals surface area contributed by atoms with Crippen LogP contribution in [0.5, 0.6) is 0 Å². The zero-order valence-electron chi connectivity index (χ0n) is 12.5. The minimum Gasteiger partial charge on any atom is -0.480 e. The molecule has 0 aliphatic carbocycles. The van der Waals surface area contributed by atoms with E-state index in [2.05, 4.69) is 10.2 Å². The molecule has 0 bridgehead atoms. The Kier molecular flexibility index (Phi) is 3.23. The highest BCUT2D eigenvalue weighted by Gasteiger charge is 2.27. The number of aromatic nitrogens is 4. The van der Waals surface area contributed by atoms with Crippen molar-refractivity contribution < 1.29 is 9.90 Å². The minimum atomic E-state index is -0.926. The number of nitrogens with two attached hydrogens (primary N) is 1. The lowest BCUT2D eigenvalue weighted by molar-refractivity contribution is -0.137. The van der Waals surface area contributed by atoms with Gasteiger partial charge in [-0.3, -0.25) is 9.36 Å². The van der Waals surface area contributed by atoms with Crippen molar-refractivity contribution in [1.29, 1.82) is 0 Å². The normalized spacial score (nSPS) is 12.5. The fourth-order valence-electron chi connectivity index (χ4n) is 2.26. The number of aliphatic carboxylic acids is 1. The molecule has 2 heterocycles. The summed E-state index contributed by atoms with van der Waals surface area (Å²) in [5, 5.41) is 17.9. The van der Waals surface area contributed by atoms with Crippen LogP contribution in [0.3, 0.4) is 0 Å². The van der Waals surface area contributed by atoms with Gasteiger partial charge in [-0.25, -0.2) is 0 Å². The van der Waals surface area contributed by atoms with Crippen molar-refractivity contribution >= 4 is 17.3 Å². The standard InChI is InChI=1S/C13H21N5O2/c1-7(2)11-16-18-12(17(11)6-8(19)20)9(14)10(15-18)13(3,4)5/h7H,6,14H2,1-5H3,(H,19,20). The van der Waals surface area contributed by atoms with Gasteiger partial charge in [0.2, 0.25) is 0 Å². The van der Waals surface area contributed by atoms with Gasteiger partial charge in [0.25, 0.3) is 0 Å². The Labute approximate surface area is 117 Å². The molecule has 0 aromatic carbocycles. The number of nitrogens with zero attached hydrogens (tertiary/aromatic N) is 4. The number of nitrogen functional groups attached to an aromatic ring is 1. The van der Waals surface area contributed by atoms with E-state index in [1.165, 1.54) is 4.63 Å². The van der Waals surface area contributed by atoms with E-state index < -0.39 is 5.97 Å². The first-order valence-electron chi connectivity index (χ1n) is 6.60. The number of fused-ring (bicyclic) bond motifs is 1. The molecule has 0 saturated carbocycles. The molecule has 0 unspecified atom stereocenters. The summed E-state index contributed by atoms with van der Waals surface area (Å²) in [5.74, 6) is -0.166. The maximum Gasteiger partial charge on any atom is 0.323 e. The zero-order chi connectivity index (χ0) is 15.2. The maximum absolute atomic E-state index is 11.1. The Hall–Kier alpha value is -2.05. The average molecular weight is 279 g/mol. The lowest BCUT2D eigenvalue weighted by Gasteiger charge is -2.16. The largest absolute Gasteiger partial charge is 0.480 e. The Morgan fingerprint density at radius 3 is 2.40 bits per heavy atom. The van der Waals surface area contributed by atoms with Crippen molar-refractivity contribution in [3.8, 4) is 0 Å². The summed E-state index contributed by atoms with van der Waals surface area (Å²) >= 11 is 0. The molecule has 2 aromatic rings. The van der Waals surface area contributed by atoms with Crippen LogP contribution >= 0.6 is 0 Å². The number of carbonyl (C=O) groups is 1. The molecule has 0 atom stereocenters. The third kappa shape index (κ3) is 2.23. The van der Waals surface area contributed by atoms with Crippen molar-refractivity contribution in [2.24, 2.45) is 0 Å². The third-order valence-corrected chi connectivity index (χ3v) is 3.13. The van der Waals surface area contributed by atoms with Gasteiger partial charge in [-0.1, -0.05) is 34.6 Å². The summed E-state index contributed by atoms with van der Waals surface area (Å²) in [6.45, 7) is 9.78. The van der Waals surface area contributed by atoms with Gasteiger partial charge < -0.3 is 10.8 Å². The fourth-order valence-corrected chi connectivity index (χ4v) is 2.26. The Morgan fingerprint density at radius 1 is 1.35 bits per heavy atom. The van der Waals surface area contributed by atoms with Crippen LogP contribution in [0.25, 0.3) is 5.65 Å². The Balaban J connectivity index is 2.73. The van der Waals surface area contributed by atoms with E-state index in [0.29, 0.717) is 17.2 Å². The number of hydrogen-bond acceptors (Lipinski definition) is 4. The van der Waals surface area contributed by atoms with Crippen molar-refractivity contribution in [1.82, 2.24) is 19.4 Å². The fraction of sp³-hybridized carbons (Fsp3) is 0.615. The Morgan fingerprint density at radius 2 is 1.95 bits per heavy atom. The van der Waals surface area contributed by atoms with Crippen LogP contribution in [-0.2, 0) is 16.8 Å². The molecule has 0 radical (unpaired) electrons. The number of hydrogen-bond donors (Lipinski definition) is 2.